The summed E-state index contributed by atoms with van der Waals surface area (Å²) < 4.78 is 7.03. The van der Waals surface area contributed by atoms with Gasteiger partial charge < -0.3 is 19.9 Å². The summed E-state index contributed by atoms with van der Waals surface area (Å²) >= 11 is 1.60. The van der Waals surface area contributed by atoms with E-state index in [1.54, 1.807) is 16.8 Å². The maximum absolute atomic E-state index is 11.5. The van der Waals surface area contributed by atoms with E-state index in [9.17, 15) is 9.59 Å². The molecule has 5 rings (SSSR count). The highest BCUT2D eigenvalue weighted by molar-refractivity contribution is 7.19. The molecule has 0 aliphatic carbocycles. The minimum absolute atomic E-state index is 0.0534. The second-order valence-electron chi connectivity index (χ2n) is 9.16. The van der Waals surface area contributed by atoms with Gasteiger partial charge in [-0.05, 0) is 17.2 Å². The lowest BCUT2D eigenvalue weighted by Crippen LogP contribution is -2.39. The van der Waals surface area contributed by atoms with E-state index >= 15 is 0 Å². The van der Waals surface area contributed by atoms with E-state index in [0.29, 0.717) is 44.7 Å². The van der Waals surface area contributed by atoms with Crippen LogP contribution >= 0.6 is 11.3 Å². The van der Waals surface area contributed by atoms with E-state index in [2.05, 4.69) is 25.2 Å². The van der Waals surface area contributed by atoms with Gasteiger partial charge in [-0.25, -0.2) is 25.4 Å². The Morgan fingerprint density at radius 1 is 1.18 bits per heavy atom. The van der Waals surface area contributed by atoms with E-state index in [-0.39, 0.29) is 17.6 Å². The summed E-state index contributed by atoms with van der Waals surface area (Å²) in [4.78, 5) is 45.6. The maximum Gasteiger partial charge on any atom is 0.277 e. The van der Waals surface area contributed by atoms with Crippen molar-refractivity contribution in [2.45, 2.75) is 26.1 Å². The lowest BCUT2D eigenvalue weighted by molar-refractivity contribution is -0.119. The number of hydroxylamine groups is 1. The second-order valence-corrected chi connectivity index (χ2v) is 10.3. The molecule has 1 aliphatic rings. The van der Waals surface area contributed by atoms with Crippen LogP contribution in [0.3, 0.4) is 0 Å². The number of nitrogens with one attached hydrogen (secondary N) is 2. The van der Waals surface area contributed by atoms with Gasteiger partial charge in [0.15, 0.2) is 0 Å². The third-order valence-electron chi connectivity index (χ3n) is 6.29. The van der Waals surface area contributed by atoms with Crippen molar-refractivity contribution < 1.29 is 19.5 Å². The molecular weight excluding hydrogens is 520 g/mol. The highest BCUT2D eigenvalue weighted by Gasteiger charge is 2.24. The molecule has 1 saturated heterocycles. The largest absolute Gasteiger partial charge is 0.370 e. The number of anilines is 2. The highest BCUT2D eigenvalue weighted by atomic mass is 32.1. The van der Waals surface area contributed by atoms with Gasteiger partial charge in [-0.1, -0.05) is 24.3 Å². The average molecular weight is 549 g/mol. The van der Waals surface area contributed by atoms with Gasteiger partial charge in [0.25, 0.3) is 5.91 Å². The molecule has 3 aromatic heterocycles. The van der Waals surface area contributed by atoms with Crippen LogP contribution in [0.25, 0.3) is 10.2 Å². The zero-order valence-corrected chi connectivity index (χ0v) is 22.3. The number of carbonyl (C=O) groups is 2. The number of aromatic nitrogens is 4. The Kier molecular flexibility index (Phi) is 7.91. The summed E-state index contributed by atoms with van der Waals surface area (Å²) in [5.74, 6) is 0.404. The zero-order valence-electron chi connectivity index (χ0n) is 21.5. The fourth-order valence-corrected chi connectivity index (χ4v) is 5.25. The van der Waals surface area contributed by atoms with Crippen molar-refractivity contribution in [1.82, 2.24) is 30.7 Å². The number of rotatable bonds is 8. The summed E-state index contributed by atoms with van der Waals surface area (Å²) in [5, 5.41) is 11.6. The highest BCUT2D eigenvalue weighted by Crippen LogP contribution is 2.29. The number of ether oxygens (including phenoxy) is 1. The fraction of sp³-hybridized carbons (Fsp3) is 0.308. The lowest BCUT2D eigenvalue weighted by Gasteiger charge is -2.33. The maximum atomic E-state index is 11.5. The summed E-state index contributed by atoms with van der Waals surface area (Å²) in [7, 11) is 1.86. The first-order valence-electron chi connectivity index (χ1n) is 12.3. The molecule has 202 valence electrons. The molecule has 4 heterocycles. The SMILES string of the molecule is CC(=O)NCc1ccc(C2CN(c3ncc4sc(CN(C)c5ncc(C(=O)NO)cn5)cc4n3)CCO2)cc1. The van der Waals surface area contributed by atoms with E-state index in [0.717, 1.165) is 26.2 Å². The molecule has 1 fully saturated rings. The number of carbonyl (C=O) groups excluding carboxylic acids is 2. The van der Waals surface area contributed by atoms with Crippen LogP contribution in [0.4, 0.5) is 11.9 Å². The Morgan fingerprint density at radius 3 is 2.67 bits per heavy atom. The van der Waals surface area contributed by atoms with Crippen molar-refractivity contribution in [3.05, 3.63) is 70.5 Å². The Labute approximate surface area is 228 Å². The van der Waals surface area contributed by atoms with Crippen LogP contribution in [0.5, 0.6) is 0 Å². The van der Waals surface area contributed by atoms with Crippen LogP contribution in [0.1, 0.15) is 39.4 Å². The predicted octanol–water partition coefficient (Wildman–Crippen LogP) is 2.45. The van der Waals surface area contributed by atoms with E-state index < -0.39 is 5.91 Å². The first kappa shape index (κ1) is 26.4. The number of morpholine rings is 1. The molecule has 1 aromatic carbocycles. The van der Waals surface area contributed by atoms with Gasteiger partial charge >= 0.3 is 0 Å². The van der Waals surface area contributed by atoms with Crippen LogP contribution in [-0.4, -0.2) is 63.7 Å². The molecule has 39 heavy (non-hydrogen) atoms. The Bertz CT molecular complexity index is 1460. The lowest BCUT2D eigenvalue weighted by atomic mass is 10.1. The van der Waals surface area contributed by atoms with Gasteiger partial charge in [0.2, 0.25) is 17.8 Å². The van der Waals surface area contributed by atoms with Gasteiger partial charge in [0.1, 0.15) is 6.10 Å². The van der Waals surface area contributed by atoms with Crippen LogP contribution in [-0.2, 0) is 22.6 Å². The topological polar surface area (TPSA) is 146 Å². The molecule has 0 spiro atoms. The summed E-state index contributed by atoms with van der Waals surface area (Å²) in [6.45, 7) is 4.47. The molecule has 0 radical (unpaired) electrons. The van der Waals surface area contributed by atoms with E-state index in [1.165, 1.54) is 19.3 Å². The number of thiophene rings is 1. The third kappa shape index (κ3) is 6.28. The number of benzene rings is 1. The molecular formula is C26H28N8O4S. The smallest absolute Gasteiger partial charge is 0.277 e. The average Bonchev–Trinajstić information content (AvgIpc) is 3.37. The van der Waals surface area contributed by atoms with Crippen molar-refractivity contribution in [3.8, 4) is 0 Å². The Balaban J connectivity index is 1.24. The number of fused-ring (bicyclic) bond motifs is 1. The van der Waals surface area contributed by atoms with Crippen LogP contribution < -0.4 is 20.6 Å². The molecule has 0 bridgehead atoms. The Hall–Kier alpha value is -4.20. The molecule has 0 saturated carbocycles. The quantitative estimate of drug-likeness (QED) is 0.222. The van der Waals surface area contributed by atoms with Crippen molar-refractivity contribution in [2.24, 2.45) is 0 Å². The summed E-state index contributed by atoms with van der Waals surface area (Å²) in [6, 6.07) is 10.1. The number of hydrogen-bond donors (Lipinski definition) is 3. The minimum Gasteiger partial charge on any atom is -0.370 e. The predicted molar refractivity (Wildman–Crippen MR) is 146 cm³/mol. The zero-order chi connectivity index (χ0) is 27.4. The minimum atomic E-state index is -0.661. The molecule has 2 amide bonds. The van der Waals surface area contributed by atoms with E-state index in [4.69, 9.17) is 14.9 Å². The Morgan fingerprint density at radius 2 is 1.95 bits per heavy atom. The molecule has 3 N–H and O–H groups in total. The molecule has 4 aromatic rings. The van der Waals surface area contributed by atoms with E-state index in [1.807, 2.05) is 48.5 Å². The van der Waals surface area contributed by atoms with Crippen LogP contribution in [0, 0.1) is 0 Å². The van der Waals surface area contributed by atoms with Crippen molar-refractivity contribution in [1.29, 1.82) is 0 Å². The molecule has 12 nitrogen and oxygen atoms in total. The standard InChI is InChI=1S/C26H28N8O4S/c1-16(35)27-10-17-3-5-18(6-4-17)22-15-34(7-8-38-22)26-30-13-23-21(31-26)9-20(39-23)14-33(2)25-28-11-19(12-29-25)24(36)32-37/h3-6,9,11-13,22,37H,7-8,10,14-15H2,1-2H3,(H,27,35)(H,32,36). The molecule has 13 heteroatoms. The molecule has 1 aliphatic heterocycles. The normalized spacial score (nSPS) is 15.3. The van der Waals surface area contributed by atoms with Crippen molar-refractivity contribution in [2.75, 3.05) is 36.5 Å². The van der Waals surface area contributed by atoms with Gasteiger partial charge in [-0.15, -0.1) is 11.3 Å². The van der Waals surface area contributed by atoms with Crippen molar-refractivity contribution >= 4 is 45.3 Å². The monoisotopic (exact) mass is 548 g/mol. The third-order valence-corrected chi connectivity index (χ3v) is 7.33. The van der Waals surface area contributed by atoms with Crippen LogP contribution in [0.2, 0.25) is 0 Å². The fourth-order valence-electron chi connectivity index (χ4n) is 4.22. The number of amides is 2. The number of nitrogens with zero attached hydrogens (tertiary/aromatic N) is 6. The number of hydrogen-bond acceptors (Lipinski definition) is 11. The van der Waals surface area contributed by atoms with Gasteiger partial charge in [0, 0.05) is 44.3 Å². The molecule has 1 unspecified atom stereocenters. The van der Waals surface area contributed by atoms with Crippen LogP contribution in [0.15, 0.2) is 48.9 Å². The molecule has 1 atom stereocenters. The first-order valence-corrected chi connectivity index (χ1v) is 13.1. The first-order chi connectivity index (χ1) is 18.9. The summed E-state index contributed by atoms with van der Waals surface area (Å²) in [5.41, 5.74) is 4.71. The second kappa shape index (κ2) is 11.7. The van der Waals surface area contributed by atoms with Crippen molar-refractivity contribution in [3.63, 3.8) is 0 Å². The van der Waals surface area contributed by atoms with Gasteiger partial charge in [0.05, 0.1) is 41.7 Å². The van der Waals surface area contributed by atoms with Gasteiger partial charge in [-0.2, -0.15) is 0 Å². The van der Waals surface area contributed by atoms with Gasteiger partial charge in [-0.3, -0.25) is 14.8 Å². The summed E-state index contributed by atoms with van der Waals surface area (Å²) in [6.07, 6.45) is 4.48.